The van der Waals surface area contributed by atoms with Crippen LogP contribution in [0.4, 0.5) is 19.0 Å². The summed E-state index contributed by atoms with van der Waals surface area (Å²) >= 11 is 3.03. The maximum absolute atomic E-state index is 13.0. The van der Waals surface area contributed by atoms with Crippen molar-refractivity contribution in [3.05, 3.63) is 22.3 Å². The first kappa shape index (κ1) is 14.6. The second kappa shape index (κ2) is 4.94. The van der Waals surface area contributed by atoms with Gasteiger partial charge < -0.3 is 10.6 Å². The average molecular weight is 338 g/mol. The fraction of sp³-hybridized carbons (Fsp3) is 0.583. The third-order valence-electron chi connectivity index (χ3n) is 3.49. The summed E-state index contributed by atoms with van der Waals surface area (Å²) in [6.45, 7) is 3.49. The normalized spacial score (nSPS) is 24.0. The first-order chi connectivity index (χ1) is 8.75. The van der Waals surface area contributed by atoms with Gasteiger partial charge in [-0.05, 0) is 40.4 Å². The molecule has 0 radical (unpaired) electrons. The fourth-order valence-corrected chi connectivity index (χ4v) is 2.60. The summed E-state index contributed by atoms with van der Waals surface area (Å²) in [6, 6.07) is 1.07. The van der Waals surface area contributed by atoms with Gasteiger partial charge in [-0.25, -0.2) is 4.98 Å². The molecule has 1 atom stereocenters. The maximum Gasteiger partial charge on any atom is 0.419 e. The highest BCUT2D eigenvalue weighted by molar-refractivity contribution is 9.10. The van der Waals surface area contributed by atoms with Crippen molar-refractivity contribution in [1.82, 2.24) is 4.98 Å². The fourth-order valence-electron chi connectivity index (χ4n) is 2.26. The van der Waals surface area contributed by atoms with Crippen molar-refractivity contribution in [1.29, 1.82) is 0 Å². The van der Waals surface area contributed by atoms with Crippen LogP contribution in [0.15, 0.2) is 16.7 Å². The largest absolute Gasteiger partial charge is 0.419 e. The predicted molar refractivity (Wildman–Crippen MR) is 70.9 cm³/mol. The topological polar surface area (TPSA) is 42.1 Å². The second-order valence-corrected chi connectivity index (χ2v) is 6.12. The summed E-state index contributed by atoms with van der Waals surface area (Å²) in [4.78, 5) is 5.61. The molecular formula is C12H15BrF3N3. The molecule has 1 aromatic rings. The molecule has 19 heavy (non-hydrogen) atoms. The van der Waals surface area contributed by atoms with Crippen molar-refractivity contribution >= 4 is 21.7 Å². The summed E-state index contributed by atoms with van der Waals surface area (Å²) < 4.78 is 39.5. The number of hydrogen-bond donors (Lipinski definition) is 1. The number of alkyl halides is 3. The Hall–Kier alpha value is -0.820. The van der Waals surface area contributed by atoms with Crippen LogP contribution in [0.2, 0.25) is 0 Å². The summed E-state index contributed by atoms with van der Waals surface area (Å²) in [5, 5.41) is 0. The highest BCUT2D eigenvalue weighted by Crippen LogP contribution is 2.40. The van der Waals surface area contributed by atoms with Crippen LogP contribution in [-0.2, 0) is 6.18 Å². The lowest BCUT2D eigenvalue weighted by Crippen LogP contribution is -2.32. The van der Waals surface area contributed by atoms with Crippen LogP contribution in [0, 0.1) is 5.41 Å². The quantitative estimate of drug-likeness (QED) is 0.901. The zero-order valence-electron chi connectivity index (χ0n) is 10.5. The molecule has 1 aliphatic heterocycles. The molecule has 2 heterocycles. The molecule has 1 saturated heterocycles. The Morgan fingerprint density at radius 3 is 2.74 bits per heavy atom. The number of halogens is 4. The number of aromatic nitrogens is 1. The maximum atomic E-state index is 13.0. The first-order valence-electron chi connectivity index (χ1n) is 5.93. The Balaban J connectivity index is 2.36. The van der Waals surface area contributed by atoms with Crippen molar-refractivity contribution in [3.63, 3.8) is 0 Å². The lowest BCUT2D eigenvalue weighted by molar-refractivity contribution is -0.137. The second-order valence-electron chi connectivity index (χ2n) is 5.21. The van der Waals surface area contributed by atoms with E-state index in [1.807, 2.05) is 6.92 Å². The van der Waals surface area contributed by atoms with E-state index in [1.54, 1.807) is 4.90 Å². The van der Waals surface area contributed by atoms with E-state index in [2.05, 4.69) is 20.9 Å². The van der Waals surface area contributed by atoms with Gasteiger partial charge in [0.15, 0.2) is 0 Å². The Morgan fingerprint density at radius 1 is 1.53 bits per heavy atom. The molecule has 0 aliphatic carbocycles. The van der Waals surface area contributed by atoms with Gasteiger partial charge in [0.25, 0.3) is 0 Å². The van der Waals surface area contributed by atoms with Crippen LogP contribution in [0.25, 0.3) is 0 Å². The van der Waals surface area contributed by atoms with Gasteiger partial charge >= 0.3 is 6.18 Å². The van der Waals surface area contributed by atoms with Crippen LogP contribution in [0.5, 0.6) is 0 Å². The van der Waals surface area contributed by atoms with E-state index in [0.717, 1.165) is 12.5 Å². The van der Waals surface area contributed by atoms with Gasteiger partial charge in [-0.1, -0.05) is 6.92 Å². The third kappa shape index (κ3) is 3.02. The van der Waals surface area contributed by atoms with Crippen LogP contribution in [-0.4, -0.2) is 24.6 Å². The molecule has 7 heteroatoms. The SMILES string of the molecule is CC1(CN)CCN(c2ncc(Br)cc2C(F)(F)F)C1. The van der Waals surface area contributed by atoms with Gasteiger partial charge in [0.2, 0.25) is 0 Å². The molecule has 3 nitrogen and oxygen atoms in total. The molecule has 0 aromatic carbocycles. The van der Waals surface area contributed by atoms with Gasteiger partial charge in [0, 0.05) is 23.8 Å². The molecule has 1 fully saturated rings. The lowest BCUT2D eigenvalue weighted by Gasteiger charge is -2.25. The van der Waals surface area contributed by atoms with Crippen molar-refractivity contribution in [3.8, 4) is 0 Å². The molecule has 0 bridgehead atoms. The Morgan fingerprint density at radius 2 is 2.21 bits per heavy atom. The van der Waals surface area contributed by atoms with Crippen LogP contribution in [0.1, 0.15) is 18.9 Å². The minimum atomic E-state index is -4.41. The first-order valence-corrected chi connectivity index (χ1v) is 6.72. The molecule has 1 aromatic heterocycles. The molecule has 2 N–H and O–H groups in total. The summed E-state index contributed by atoms with van der Waals surface area (Å²) in [6.07, 6.45) is -2.24. The van der Waals surface area contributed by atoms with E-state index >= 15 is 0 Å². The van der Waals surface area contributed by atoms with Crippen LogP contribution >= 0.6 is 15.9 Å². The van der Waals surface area contributed by atoms with E-state index < -0.39 is 11.7 Å². The Kier molecular flexibility index (Phi) is 3.79. The zero-order chi connectivity index (χ0) is 14.3. The molecule has 1 unspecified atom stereocenters. The zero-order valence-corrected chi connectivity index (χ0v) is 12.1. The minimum absolute atomic E-state index is 0.00660. The van der Waals surface area contributed by atoms with Gasteiger partial charge in [-0.2, -0.15) is 13.2 Å². The molecular weight excluding hydrogens is 323 g/mol. The van der Waals surface area contributed by atoms with Gasteiger partial charge in [-0.15, -0.1) is 0 Å². The van der Waals surface area contributed by atoms with Gasteiger partial charge in [-0.3, -0.25) is 0 Å². The van der Waals surface area contributed by atoms with E-state index in [4.69, 9.17) is 5.73 Å². The highest BCUT2D eigenvalue weighted by atomic mass is 79.9. The molecule has 0 spiro atoms. The molecule has 2 rings (SSSR count). The van der Waals surface area contributed by atoms with E-state index in [0.29, 0.717) is 24.1 Å². The van der Waals surface area contributed by atoms with Crippen molar-refractivity contribution in [2.45, 2.75) is 19.5 Å². The number of pyridine rings is 1. The Labute approximate surface area is 118 Å². The van der Waals surface area contributed by atoms with E-state index in [-0.39, 0.29) is 11.2 Å². The van der Waals surface area contributed by atoms with Crippen LogP contribution in [0.3, 0.4) is 0 Å². The smallest absolute Gasteiger partial charge is 0.355 e. The molecule has 0 saturated carbocycles. The van der Waals surface area contributed by atoms with Crippen molar-refractivity contribution in [2.24, 2.45) is 11.1 Å². The molecule has 0 amide bonds. The number of nitrogens with zero attached hydrogens (tertiary/aromatic N) is 2. The standard InChI is InChI=1S/C12H15BrF3N3/c1-11(6-17)2-3-19(7-11)10-9(12(14,15)16)4-8(13)5-18-10/h4-5H,2-3,6-7,17H2,1H3. The number of rotatable bonds is 2. The van der Waals surface area contributed by atoms with Crippen molar-refractivity contribution in [2.75, 3.05) is 24.5 Å². The number of nitrogens with two attached hydrogens (primary N) is 1. The van der Waals surface area contributed by atoms with Crippen molar-refractivity contribution < 1.29 is 13.2 Å². The molecule has 1 aliphatic rings. The van der Waals surface area contributed by atoms with E-state index in [1.165, 1.54) is 6.20 Å². The number of hydrogen-bond acceptors (Lipinski definition) is 3. The molecule has 106 valence electrons. The monoisotopic (exact) mass is 337 g/mol. The average Bonchev–Trinajstić information content (AvgIpc) is 2.71. The minimum Gasteiger partial charge on any atom is -0.355 e. The summed E-state index contributed by atoms with van der Waals surface area (Å²) in [5.41, 5.74) is 4.83. The summed E-state index contributed by atoms with van der Waals surface area (Å²) in [7, 11) is 0. The third-order valence-corrected chi connectivity index (χ3v) is 3.92. The van der Waals surface area contributed by atoms with Gasteiger partial charge in [0.05, 0.1) is 5.56 Å². The van der Waals surface area contributed by atoms with Gasteiger partial charge in [0.1, 0.15) is 5.82 Å². The predicted octanol–water partition coefficient (Wildman–Crippen LogP) is 3.04. The highest BCUT2D eigenvalue weighted by Gasteiger charge is 2.40. The van der Waals surface area contributed by atoms with E-state index in [9.17, 15) is 13.2 Å². The lowest BCUT2D eigenvalue weighted by atomic mass is 9.90. The number of anilines is 1. The summed E-state index contributed by atoms with van der Waals surface area (Å²) in [5.74, 6) is -0.00660. The van der Waals surface area contributed by atoms with Crippen LogP contribution < -0.4 is 10.6 Å². The Bertz CT molecular complexity index is 478.